The number of nitrogens with zero attached hydrogens (tertiary/aromatic N) is 1. The summed E-state index contributed by atoms with van der Waals surface area (Å²) in [4.78, 5) is 3.58. The molecule has 1 aromatic carbocycles. The summed E-state index contributed by atoms with van der Waals surface area (Å²) in [7, 11) is 2.11. The van der Waals surface area contributed by atoms with Crippen molar-refractivity contribution in [3.63, 3.8) is 0 Å². The van der Waals surface area contributed by atoms with Crippen LogP contribution in [0.3, 0.4) is 0 Å². The van der Waals surface area contributed by atoms with Crippen LogP contribution in [0.4, 0.5) is 5.69 Å². The lowest BCUT2D eigenvalue weighted by atomic mass is 10.1. The summed E-state index contributed by atoms with van der Waals surface area (Å²) in [5.41, 5.74) is 2.34. The van der Waals surface area contributed by atoms with Crippen molar-refractivity contribution in [2.75, 3.05) is 11.9 Å². The van der Waals surface area contributed by atoms with Gasteiger partial charge in [0.15, 0.2) is 0 Å². The number of anilines is 1. The van der Waals surface area contributed by atoms with E-state index >= 15 is 0 Å². The fourth-order valence-corrected chi connectivity index (χ4v) is 3.88. The molecule has 0 unspecified atom stereocenters. The summed E-state index contributed by atoms with van der Waals surface area (Å²) in [6.45, 7) is 5.95. The third kappa shape index (κ3) is 4.71. The maximum absolute atomic E-state index is 6.39. The predicted molar refractivity (Wildman–Crippen MR) is 97.6 cm³/mol. The van der Waals surface area contributed by atoms with Crippen molar-refractivity contribution >= 4 is 44.6 Å². The predicted octanol–water partition coefficient (Wildman–Crippen LogP) is 5.30. The lowest BCUT2D eigenvalue weighted by molar-refractivity contribution is 0.588. The zero-order valence-electron chi connectivity index (χ0n) is 12.5. The van der Waals surface area contributed by atoms with Crippen LogP contribution in [-0.4, -0.2) is 13.1 Å². The molecule has 1 heterocycles. The molecule has 0 fully saturated rings. The van der Waals surface area contributed by atoms with Gasteiger partial charge in [-0.25, -0.2) is 0 Å². The average Bonchev–Trinajstić information content (AvgIpc) is 2.82. The SMILES string of the molecule is CC(C)NCc1c(Cl)cccc1N(C)Cc1cc(Br)cs1. The maximum atomic E-state index is 6.39. The highest BCUT2D eigenvalue weighted by molar-refractivity contribution is 9.10. The summed E-state index contributed by atoms with van der Waals surface area (Å²) in [6.07, 6.45) is 0. The van der Waals surface area contributed by atoms with Gasteiger partial charge in [0.1, 0.15) is 0 Å². The van der Waals surface area contributed by atoms with Crippen LogP contribution in [0.1, 0.15) is 24.3 Å². The minimum Gasteiger partial charge on any atom is -0.369 e. The molecule has 2 nitrogen and oxygen atoms in total. The van der Waals surface area contributed by atoms with Gasteiger partial charge in [-0.05, 0) is 34.1 Å². The topological polar surface area (TPSA) is 15.3 Å². The van der Waals surface area contributed by atoms with Gasteiger partial charge >= 0.3 is 0 Å². The van der Waals surface area contributed by atoms with E-state index in [4.69, 9.17) is 11.6 Å². The number of rotatable bonds is 6. The van der Waals surface area contributed by atoms with Gasteiger partial charge in [0.05, 0.1) is 6.54 Å². The van der Waals surface area contributed by atoms with Crippen molar-refractivity contribution in [3.8, 4) is 0 Å². The Labute approximate surface area is 144 Å². The number of halogens is 2. The van der Waals surface area contributed by atoms with Gasteiger partial charge in [0, 0.05) is 50.6 Å². The number of hydrogen-bond acceptors (Lipinski definition) is 3. The second kappa shape index (κ2) is 7.63. The van der Waals surface area contributed by atoms with Crippen molar-refractivity contribution < 1.29 is 0 Å². The van der Waals surface area contributed by atoms with Gasteiger partial charge in [0.25, 0.3) is 0 Å². The van der Waals surface area contributed by atoms with E-state index in [0.717, 1.165) is 28.1 Å². The van der Waals surface area contributed by atoms with Gasteiger partial charge in [-0.1, -0.05) is 31.5 Å². The highest BCUT2D eigenvalue weighted by atomic mass is 79.9. The molecule has 0 saturated heterocycles. The Bertz CT molecular complexity index is 598. The largest absolute Gasteiger partial charge is 0.369 e. The number of thiophene rings is 1. The Balaban J connectivity index is 2.19. The Morgan fingerprint density at radius 1 is 1.38 bits per heavy atom. The number of hydrogen-bond donors (Lipinski definition) is 1. The summed E-state index contributed by atoms with van der Waals surface area (Å²) in [5, 5.41) is 6.38. The Kier molecular flexibility index (Phi) is 6.11. The van der Waals surface area contributed by atoms with Gasteiger partial charge in [-0.3, -0.25) is 0 Å². The van der Waals surface area contributed by atoms with Crippen molar-refractivity contribution in [1.29, 1.82) is 0 Å². The minimum atomic E-state index is 0.438. The standard InChI is InChI=1S/C16H20BrClN2S/c1-11(2)19-8-14-15(18)5-4-6-16(14)20(3)9-13-7-12(17)10-21-13/h4-7,10-11,19H,8-9H2,1-3H3. The zero-order chi connectivity index (χ0) is 15.4. The third-order valence-corrected chi connectivity index (χ3v) is 5.24. The van der Waals surface area contributed by atoms with E-state index in [-0.39, 0.29) is 0 Å². The molecule has 2 aromatic rings. The van der Waals surface area contributed by atoms with E-state index in [1.807, 2.05) is 12.1 Å². The first-order valence-corrected chi connectivity index (χ1v) is 8.97. The highest BCUT2D eigenvalue weighted by Gasteiger charge is 2.12. The molecule has 0 bridgehead atoms. The molecule has 2 rings (SSSR count). The summed E-state index contributed by atoms with van der Waals surface area (Å²) in [6, 6.07) is 8.70. The molecule has 0 atom stereocenters. The minimum absolute atomic E-state index is 0.438. The molecular formula is C16H20BrClN2S. The maximum Gasteiger partial charge on any atom is 0.0520 e. The quantitative estimate of drug-likeness (QED) is 0.723. The molecule has 114 valence electrons. The lowest BCUT2D eigenvalue weighted by Crippen LogP contribution is -2.24. The smallest absolute Gasteiger partial charge is 0.0520 e. The second-order valence-electron chi connectivity index (χ2n) is 5.36. The van der Waals surface area contributed by atoms with Gasteiger partial charge in [-0.15, -0.1) is 11.3 Å². The van der Waals surface area contributed by atoms with Crippen LogP contribution >= 0.6 is 38.9 Å². The molecule has 5 heteroatoms. The monoisotopic (exact) mass is 386 g/mol. The fourth-order valence-electron chi connectivity index (χ4n) is 2.14. The first kappa shape index (κ1) is 16.8. The summed E-state index contributed by atoms with van der Waals surface area (Å²) < 4.78 is 1.14. The molecule has 1 N–H and O–H groups in total. The van der Waals surface area contributed by atoms with E-state index in [2.05, 4.69) is 64.6 Å². The molecule has 0 aliphatic heterocycles. The zero-order valence-corrected chi connectivity index (χ0v) is 15.6. The third-order valence-electron chi connectivity index (χ3n) is 3.21. The Hall–Kier alpha value is -0.550. The van der Waals surface area contributed by atoms with Crippen molar-refractivity contribution in [2.45, 2.75) is 33.0 Å². The van der Waals surface area contributed by atoms with Crippen molar-refractivity contribution in [1.82, 2.24) is 5.32 Å². The van der Waals surface area contributed by atoms with E-state index < -0.39 is 0 Å². The lowest BCUT2D eigenvalue weighted by Gasteiger charge is -2.23. The number of nitrogens with one attached hydrogen (secondary N) is 1. The molecule has 0 radical (unpaired) electrons. The van der Waals surface area contributed by atoms with Crippen LogP contribution in [-0.2, 0) is 13.1 Å². The molecule has 21 heavy (non-hydrogen) atoms. The fraction of sp³-hybridized carbons (Fsp3) is 0.375. The molecule has 0 aliphatic rings. The first-order chi connectivity index (χ1) is 9.97. The average molecular weight is 388 g/mol. The molecule has 1 aromatic heterocycles. The summed E-state index contributed by atoms with van der Waals surface area (Å²) in [5.74, 6) is 0. The highest BCUT2D eigenvalue weighted by Crippen LogP contribution is 2.29. The van der Waals surface area contributed by atoms with Crippen LogP contribution < -0.4 is 10.2 Å². The molecule has 0 amide bonds. The van der Waals surface area contributed by atoms with Crippen molar-refractivity contribution in [3.05, 3.63) is 49.6 Å². The molecule has 0 aliphatic carbocycles. The summed E-state index contributed by atoms with van der Waals surface area (Å²) >= 11 is 11.7. The van der Waals surface area contributed by atoms with Gasteiger partial charge in [-0.2, -0.15) is 0 Å². The normalized spacial score (nSPS) is 11.1. The van der Waals surface area contributed by atoms with Crippen LogP contribution in [0.15, 0.2) is 34.1 Å². The van der Waals surface area contributed by atoms with E-state index in [9.17, 15) is 0 Å². The van der Waals surface area contributed by atoms with Gasteiger partial charge in [0.2, 0.25) is 0 Å². The van der Waals surface area contributed by atoms with Crippen LogP contribution in [0.25, 0.3) is 0 Å². The molecular weight excluding hydrogens is 368 g/mol. The first-order valence-electron chi connectivity index (χ1n) is 6.92. The Morgan fingerprint density at radius 3 is 2.76 bits per heavy atom. The second-order valence-corrected chi connectivity index (χ2v) is 7.68. The molecule has 0 saturated carbocycles. The van der Waals surface area contributed by atoms with E-state index in [0.29, 0.717) is 6.04 Å². The van der Waals surface area contributed by atoms with Gasteiger partial charge < -0.3 is 10.2 Å². The van der Waals surface area contributed by atoms with Crippen LogP contribution in [0, 0.1) is 0 Å². The number of benzene rings is 1. The molecule has 0 spiro atoms. The van der Waals surface area contributed by atoms with Crippen molar-refractivity contribution in [2.24, 2.45) is 0 Å². The van der Waals surface area contributed by atoms with Crippen LogP contribution in [0.2, 0.25) is 5.02 Å². The Morgan fingerprint density at radius 2 is 2.14 bits per heavy atom. The van der Waals surface area contributed by atoms with Crippen LogP contribution in [0.5, 0.6) is 0 Å². The van der Waals surface area contributed by atoms with E-state index in [1.165, 1.54) is 10.6 Å². The van der Waals surface area contributed by atoms with E-state index in [1.54, 1.807) is 11.3 Å².